The minimum Gasteiger partial charge on any atom is -0.369 e. The van der Waals surface area contributed by atoms with Gasteiger partial charge < -0.3 is 11.1 Å². The topological polar surface area (TPSA) is 93.8 Å². The predicted molar refractivity (Wildman–Crippen MR) is 96.9 cm³/mol. The molecular formula is C19H25N5O. The van der Waals surface area contributed by atoms with Gasteiger partial charge in [0.2, 0.25) is 5.91 Å². The molecule has 1 fully saturated rings. The lowest BCUT2D eigenvalue weighted by atomic mass is 9.65. The highest BCUT2D eigenvalue weighted by Crippen LogP contribution is 2.44. The van der Waals surface area contributed by atoms with E-state index in [0.29, 0.717) is 12.1 Å². The standard InChI is InChI=1S/C19H25N5O/c1-18(17(20)25,24-15-11-21-14-22-12-15)13-19(8-4-2-5-9-19)16-7-3-6-10-23-16/h3,6-7,10-12,14,24H,2,4-5,8-9,13H2,1H3,(H2,20,25). The van der Waals surface area contributed by atoms with Gasteiger partial charge in [0, 0.05) is 17.3 Å². The van der Waals surface area contributed by atoms with Gasteiger partial charge in [-0.3, -0.25) is 9.78 Å². The largest absolute Gasteiger partial charge is 0.369 e. The molecule has 6 nitrogen and oxygen atoms in total. The van der Waals surface area contributed by atoms with Crippen molar-refractivity contribution in [3.8, 4) is 0 Å². The van der Waals surface area contributed by atoms with Crippen LogP contribution in [0.25, 0.3) is 0 Å². The van der Waals surface area contributed by atoms with Crippen LogP contribution in [0.5, 0.6) is 0 Å². The van der Waals surface area contributed by atoms with Gasteiger partial charge in [-0.1, -0.05) is 25.3 Å². The van der Waals surface area contributed by atoms with Crippen molar-refractivity contribution < 1.29 is 4.79 Å². The Kier molecular flexibility index (Phi) is 4.97. The Morgan fingerprint density at radius 2 is 1.96 bits per heavy atom. The highest BCUT2D eigenvalue weighted by atomic mass is 16.1. The smallest absolute Gasteiger partial charge is 0.242 e. The molecule has 2 heterocycles. The van der Waals surface area contributed by atoms with Crippen molar-refractivity contribution in [1.82, 2.24) is 15.0 Å². The Morgan fingerprint density at radius 1 is 1.24 bits per heavy atom. The van der Waals surface area contributed by atoms with Crippen LogP contribution in [-0.2, 0) is 10.2 Å². The number of nitrogens with one attached hydrogen (secondary N) is 1. The second-order valence-corrected chi connectivity index (χ2v) is 7.18. The maximum atomic E-state index is 12.4. The van der Waals surface area contributed by atoms with E-state index in [-0.39, 0.29) is 11.3 Å². The highest BCUT2D eigenvalue weighted by Gasteiger charge is 2.44. The number of hydrogen-bond donors (Lipinski definition) is 2. The van der Waals surface area contributed by atoms with E-state index in [0.717, 1.165) is 31.4 Å². The molecule has 132 valence electrons. The first-order chi connectivity index (χ1) is 12.0. The Hall–Kier alpha value is -2.50. The molecule has 1 saturated carbocycles. The van der Waals surface area contributed by atoms with E-state index in [4.69, 9.17) is 5.73 Å². The molecule has 0 aliphatic heterocycles. The minimum atomic E-state index is -0.903. The van der Waals surface area contributed by atoms with Crippen LogP contribution in [0.1, 0.15) is 51.1 Å². The summed E-state index contributed by atoms with van der Waals surface area (Å²) in [7, 11) is 0. The van der Waals surface area contributed by atoms with Crippen molar-refractivity contribution in [1.29, 1.82) is 0 Å². The van der Waals surface area contributed by atoms with E-state index in [1.807, 2.05) is 25.3 Å². The third-order valence-electron chi connectivity index (χ3n) is 5.24. The van der Waals surface area contributed by atoms with Crippen molar-refractivity contribution in [3.05, 3.63) is 48.8 Å². The summed E-state index contributed by atoms with van der Waals surface area (Å²) < 4.78 is 0. The van der Waals surface area contributed by atoms with Crippen LogP contribution in [0.15, 0.2) is 43.1 Å². The van der Waals surface area contributed by atoms with E-state index >= 15 is 0 Å². The zero-order chi connectivity index (χ0) is 17.8. The summed E-state index contributed by atoms with van der Waals surface area (Å²) in [5.74, 6) is -0.378. The first-order valence-corrected chi connectivity index (χ1v) is 8.79. The van der Waals surface area contributed by atoms with Crippen LogP contribution < -0.4 is 11.1 Å². The first-order valence-electron chi connectivity index (χ1n) is 8.79. The fraction of sp³-hybridized carbons (Fsp3) is 0.474. The van der Waals surface area contributed by atoms with Crippen LogP contribution in [-0.4, -0.2) is 26.4 Å². The minimum absolute atomic E-state index is 0.147. The number of anilines is 1. The number of nitrogens with two attached hydrogens (primary N) is 1. The van der Waals surface area contributed by atoms with Crippen molar-refractivity contribution in [2.24, 2.45) is 5.73 Å². The molecular weight excluding hydrogens is 314 g/mol. The van der Waals surface area contributed by atoms with Gasteiger partial charge >= 0.3 is 0 Å². The lowest BCUT2D eigenvalue weighted by Gasteiger charge is -2.43. The van der Waals surface area contributed by atoms with Gasteiger partial charge in [0.25, 0.3) is 0 Å². The average molecular weight is 339 g/mol. The molecule has 0 spiro atoms. The fourth-order valence-corrected chi connectivity index (χ4v) is 3.98. The third-order valence-corrected chi connectivity index (χ3v) is 5.24. The van der Waals surface area contributed by atoms with Gasteiger partial charge in [-0.25, -0.2) is 9.97 Å². The second-order valence-electron chi connectivity index (χ2n) is 7.18. The van der Waals surface area contributed by atoms with Gasteiger partial charge in [-0.15, -0.1) is 0 Å². The molecule has 2 aromatic heterocycles. The maximum absolute atomic E-state index is 12.4. The molecule has 0 saturated heterocycles. The van der Waals surface area contributed by atoms with Crippen LogP contribution in [0, 0.1) is 0 Å². The molecule has 6 heteroatoms. The summed E-state index contributed by atoms with van der Waals surface area (Å²) in [4.78, 5) is 25.0. The molecule has 1 aliphatic carbocycles. The molecule has 3 N–H and O–H groups in total. The molecule has 1 atom stereocenters. The zero-order valence-corrected chi connectivity index (χ0v) is 14.6. The van der Waals surface area contributed by atoms with Crippen molar-refractivity contribution in [2.45, 2.75) is 56.4 Å². The molecule has 0 aromatic carbocycles. The van der Waals surface area contributed by atoms with E-state index in [1.165, 1.54) is 12.7 Å². The zero-order valence-electron chi connectivity index (χ0n) is 14.6. The molecule has 1 amide bonds. The molecule has 2 aromatic rings. The number of amides is 1. The number of pyridine rings is 1. The van der Waals surface area contributed by atoms with E-state index in [9.17, 15) is 4.79 Å². The Labute approximate surface area is 148 Å². The van der Waals surface area contributed by atoms with E-state index < -0.39 is 5.54 Å². The molecule has 1 unspecified atom stereocenters. The second kappa shape index (κ2) is 7.17. The van der Waals surface area contributed by atoms with Crippen molar-refractivity contribution in [3.63, 3.8) is 0 Å². The summed E-state index contributed by atoms with van der Waals surface area (Å²) in [5.41, 5.74) is 6.50. The van der Waals surface area contributed by atoms with Gasteiger partial charge in [0.1, 0.15) is 11.9 Å². The number of aromatic nitrogens is 3. The predicted octanol–water partition coefficient (Wildman–Crippen LogP) is 2.82. The van der Waals surface area contributed by atoms with Gasteiger partial charge in [0.15, 0.2) is 0 Å². The maximum Gasteiger partial charge on any atom is 0.242 e. The number of hydrogen-bond acceptors (Lipinski definition) is 5. The summed E-state index contributed by atoms with van der Waals surface area (Å²) in [6.45, 7) is 1.86. The highest BCUT2D eigenvalue weighted by molar-refractivity contribution is 5.87. The monoisotopic (exact) mass is 339 g/mol. The number of rotatable bonds is 6. The molecule has 0 radical (unpaired) electrons. The van der Waals surface area contributed by atoms with Gasteiger partial charge in [0.05, 0.1) is 18.1 Å². The summed E-state index contributed by atoms with van der Waals surface area (Å²) in [6.07, 6.45) is 12.7. The van der Waals surface area contributed by atoms with E-state index in [1.54, 1.807) is 12.4 Å². The Morgan fingerprint density at radius 3 is 2.56 bits per heavy atom. The van der Waals surface area contributed by atoms with Crippen molar-refractivity contribution >= 4 is 11.6 Å². The number of nitrogens with zero attached hydrogens (tertiary/aromatic N) is 3. The Bertz CT molecular complexity index is 700. The normalized spacial score (nSPS) is 18.9. The van der Waals surface area contributed by atoms with Gasteiger partial charge in [-0.05, 0) is 38.3 Å². The number of primary amides is 1. The lowest BCUT2D eigenvalue weighted by Crippen LogP contribution is -2.53. The molecule has 1 aliphatic rings. The summed E-state index contributed by atoms with van der Waals surface area (Å²) >= 11 is 0. The molecule has 0 bridgehead atoms. The number of carbonyl (C=O) groups excluding carboxylic acids is 1. The van der Waals surface area contributed by atoms with Gasteiger partial charge in [-0.2, -0.15) is 0 Å². The fourth-order valence-electron chi connectivity index (χ4n) is 3.98. The molecule has 3 rings (SSSR count). The average Bonchev–Trinajstić information content (AvgIpc) is 2.64. The van der Waals surface area contributed by atoms with Crippen LogP contribution >= 0.6 is 0 Å². The quantitative estimate of drug-likeness (QED) is 0.844. The Balaban J connectivity index is 1.94. The third kappa shape index (κ3) is 3.78. The van der Waals surface area contributed by atoms with Crippen molar-refractivity contribution in [2.75, 3.05) is 5.32 Å². The molecule has 25 heavy (non-hydrogen) atoms. The summed E-state index contributed by atoms with van der Waals surface area (Å²) in [6, 6.07) is 6.00. The number of carbonyl (C=O) groups is 1. The van der Waals surface area contributed by atoms with Crippen LogP contribution in [0.2, 0.25) is 0 Å². The lowest BCUT2D eigenvalue weighted by molar-refractivity contribution is -0.122. The van der Waals surface area contributed by atoms with Crippen LogP contribution in [0.4, 0.5) is 5.69 Å². The summed E-state index contributed by atoms with van der Waals surface area (Å²) in [5, 5.41) is 3.27. The van der Waals surface area contributed by atoms with E-state index in [2.05, 4.69) is 26.3 Å². The van der Waals surface area contributed by atoms with Crippen LogP contribution in [0.3, 0.4) is 0 Å². The SMILES string of the molecule is CC(CC1(c2ccccn2)CCCCC1)(Nc1cncnc1)C(N)=O. The first kappa shape index (κ1) is 17.3.